The van der Waals surface area contributed by atoms with Crippen LogP contribution < -0.4 is 0 Å². The van der Waals surface area contributed by atoms with Gasteiger partial charge in [-0.05, 0) is 0 Å². The van der Waals surface area contributed by atoms with Gasteiger partial charge in [0, 0.05) is 0 Å². The number of rotatable bonds is 0. The fourth-order valence-corrected chi connectivity index (χ4v) is 0. The SMILES string of the molecule is O=CO.[TeH2]. The molecular formula is CH4O2Te. The molecule has 0 unspecified atom stereocenters. The third-order valence-corrected chi connectivity index (χ3v) is 0. The van der Waals surface area contributed by atoms with Crippen molar-refractivity contribution in [1.82, 2.24) is 0 Å². The van der Waals surface area contributed by atoms with Crippen LogP contribution in [0.2, 0.25) is 0 Å². The van der Waals surface area contributed by atoms with Gasteiger partial charge in [-0.2, -0.15) is 0 Å². The van der Waals surface area contributed by atoms with Crippen LogP contribution in [0.1, 0.15) is 0 Å². The maximum atomic E-state index is 8.36. The van der Waals surface area contributed by atoms with Gasteiger partial charge in [0.15, 0.2) is 0 Å². The van der Waals surface area contributed by atoms with Gasteiger partial charge in [-0.1, -0.05) is 0 Å². The summed E-state index contributed by atoms with van der Waals surface area (Å²) in [6, 6.07) is 0. The molecule has 0 rings (SSSR count). The molecule has 3 heteroatoms. The van der Waals surface area contributed by atoms with E-state index in [1.165, 1.54) is 0 Å². The molecule has 0 aliphatic heterocycles. The average Bonchev–Trinajstić information content (AvgIpc) is 0.918. The Kier molecular flexibility index (Phi) is 23.2. The molecule has 2 nitrogen and oxygen atoms in total. The van der Waals surface area contributed by atoms with Crippen LogP contribution >= 0.6 is 0 Å². The number of carboxylic acid groups (broad SMARTS) is 1. The molecule has 0 saturated heterocycles. The quantitative estimate of drug-likeness (QED) is 0.371. The average molecular weight is 176 g/mol. The van der Waals surface area contributed by atoms with Crippen LogP contribution in [-0.4, -0.2) is 35.2 Å². The Labute approximate surface area is 40.5 Å². The van der Waals surface area contributed by atoms with E-state index in [-0.39, 0.29) is 30.1 Å². The zero-order chi connectivity index (χ0) is 2.71. The van der Waals surface area contributed by atoms with Gasteiger partial charge in [-0.3, -0.25) is 4.79 Å². The molecule has 0 bridgehead atoms. The van der Waals surface area contributed by atoms with Gasteiger partial charge in [-0.15, -0.1) is 0 Å². The molecule has 0 fully saturated rings. The fraction of sp³-hybridized carbons (Fsp3) is 0. The predicted molar refractivity (Wildman–Crippen MR) is 17.2 cm³/mol. The van der Waals surface area contributed by atoms with Gasteiger partial charge < -0.3 is 5.11 Å². The van der Waals surface area contributed by atoms with E-state index in [0.717, 1.165) is 0 Å². The summed E-state index contributed by atoms with van der Waals surface area (Å²) in [6.07, 6.45) is 0. The molecule has 0 aromatic carbocycles. The van der Waals surface area contributed by atoms with Gasteiger partial charge in [0.05, 0.1) is 0 Å². The van der Waals surface area contributed by atoms with E-state index in [2.05, 4.69) is 0 Å². The second-order valence-corrected chi connectivity index (χ2v) is 0.105. The zero-order valence-corrected chi connectivity index (χ0v) is 4.79. The van der Waals surface area contributed by atoms with Crippen LogP contribution in [0.15, 0.2) is 0 Å². The summed E-state index contributed by atoms with van der Waals surface area (Å²) in [5.41, 5.74) is 0. The molecule has 0 radical (unpaired) electrons. The molecule has 26 valence electrons. The van der Waals surface area contributed by atoms with Crippen molar-refractivity contribution in [3.05, 3.63) is 0 Å². The summed E-state index contributed by atoms with van der Waals surface area (Å²) >= 11 is 0. The molecule has 0 aliphatic carbocycles. The predicted octanol–water partition coefficient (Wildman–Crippen LogP) is -1.22. The van der Waals surface area contributed by atoms with Crippen molar-refractivity contribution in [2.24, 2.45) is 0 Å². The van der Waals surface area contributed by atoms with E-state index in [0.29, 0.717) is 0 Å². The van der Waals surface area contributed by atoms with Crippen LogP contribution in [0.25, 0.3) is 0 Å². The first-order valence-corrected chi connectivity index (χ1v) is 0.494. The summed E-state index contributed by atoms with van der Waals surface area (Å²) in [6.45, 7) is -0.250. The van der Waals surface area contributed by atoms with E-state index < -0.39 is 0 Å². The van der Waals surface area contributed by atoms with Crippen molar-refractivity contribution in [3.8, 4) is 0 Å². The van der Waals surface area contributed by atoms with Crippen LogP contribution in [0.5, 0.6) is 0 Å². The monoisotopic (exact) mass is 178 g/mol. The first-order chi connectivity index (χ1) is 1.41. The van der Waals surface area contributed by atoms with Crippen LogP contribution in [-0.2, 0) is 4.79 Å². The van der Waals surface area contributed by atoms with Crippen LogP contribution in [0.4, 0.5) is 0 Å². The Balaban J connectivity index is 0. The van der Waals surface area contributed by atoms with Crippen molar-refractivity contribution in [3.63, 3.8) is 0 Å². The molecule has 0 aromatic rings. The molecule has 0 amide bonds. The second kappa shape index (κ2) is 10.5. The minimum absolute atomic E-state index is 0. The first-order valence-electron chi connectivity index (χ1n) is 0.494. The standard InChI is InChI=1S/CH2O2.H2Te/c2-1-3;/h1H,(H,2,3);1H2. The van der Waals surface area contributed by atoms with Crippen LogP contribution in [0.3, 0.4) is 0 Å². The number of hydrogen-bond donors (Lipinski definition) is 1. The summed E-state index contributed by atoms with van der Waals surface area (Å²) in [4.78, 5) is 8.36. The third kappa shape index (κ3) is 53.2. The summed E-state index contributed by atoms with van der Waals surface area (Å²) in [5.74, 6) is 0. The molecule has 0 heterocycles. The van der Waals surface area contributed by atoms with Gasteiger partial charge in [0.2, 0.25) is 0 Å². The molecule has 0 atom stereocenters. The molecule has 4 heavy (non-hydrogen) atoms. The first kappa shape index (κ1) is 8.86. The van der Waals surface area contributed by atoms with E-state index in [1.54, 1.807) is 0 Å². The third-order valence-electron chi connectivity index (χ3n) is 0. The minimum atomic E-state index is -0.250. The van der Waals surface area contributed by atoms with Crippen molar-refractivity contribution in [2.45, 2.75) is 0 Å². The Morgan fingerprint density at radius 1 is 1.75 bits per heavy atom. The van der Waals surface area contributed by atoms with Gasteiger partial charge >= 0.3 is 23.7 Å². The maximum absolute atomic E-state index is 8.36. The molecule has 0 aliphatic rings. The van der Waals surface area contributed by atoms with Crippen molar-refractivity contribution < 1.29 is 9.90 Å². The molecule has 0 spiro atoms. The van der Waals surface area contributed by atoms with E-state index in [9.17, 15) is 0 Å². The Morgan fingerprint density at radius 3 is 1.75 bits per heavy atom. The Bertz CT molecular complexity index is 13.5. The zero-order valence-electron chi connectivity index (χ0n) is 1.93. The number of hydrogen-bond acceptors (Lipinski definition) is 1. The van der Waals surface area contributed by atoms with Crippen molar-refractivity contribution in [1.29, 1.82) is 0 Å². The second-order valence-electron chi connectivity index (χ2n) is 0.105. The van der Waals surface area contributed by atoms with E-state index >= 15 is 0 Å². The van der Waals surface area contributed by atoms with Gasteiger partial charge in [0.25, 0.3) is 6.47 Å². The Hall–Kier alpha value is 0.260. The summed E-state index contributed by atoms with van der Waals surface area (Å²) < 4.78 is 0. The van der Waals surface area contributed by atoms with E-state index in [1.807, 2.05) is 0 Å². The molecule has 0 aromatic heterocycles. The number of carbonyl (C=O) groups is 1. The molecular weight excluding hydrogens is 172 g/mol. The molecule has 0 saturated carbocycles. The van der Waals surface area contributed by atoms with Crippen molar-refractivity contribution in [2.75, 3.05) is 0 Å². The van der Waals surface area contributed by atoms with Crippen LogP contribution in [0, 0.1) is 0 Å². The topological polar surface area (TPSA) is 37.3 Å². The fourth-order valence-electron chi connectivity index (χ4n) is 0. The van der Waals surface area contributed by atoms with E-state index in [4.69, 9.17) is 9.90 Å². The molecule has 1 N–H and O–H groups in total. The van der Waals surface area contributed by atoms with Gasteiger partial charge in [0.1, 0.15) is 0 Å². The summed E-state index contributed by atoms with van der Waals surface area (Å²) in [7, 11) is 0. The normalized spacial score (nSPS) is 3.00. The van der Waals surface area contributed by atoms with Gasteiger partial charge in [-0.25, -0.2) is 0 Å². The Morgan fingerprint density at radius 2 is 1.75 bits per heavy atom. The van der Waals surface area contributed by atoms with Crippen molar-refractivity contribution >= 4 is 30.1 Å². The summed E-state index contributed by atoms with van der Waals surface area (Å²) in [5, 5.41) is 6.89.